The lowest BCUT2D eigenvalue weighted by Gasteiger charge is -2.21. The van der Waals surface area contributed by atoms with Crippen molar-refractivity contribution in [3.63, 3.8) is 0 Å². The first-order valence-corrected chi connectivity index (χ1v) is 5.27. The Morgan fingerprint density at radius 3 is 2.87 bits per heavy atom. The van der Waals surface area contributed by atoms with Gasteiger partial charge in [-0.05, 0) is 43.1 Å². The van der Waals surface area contributed by atoms with Crippen LogP contribution >= 0.6 is 0 Å². The van der Waals surface area contributed by atoms with Gasteiger partial charge >= 0.3 is 0 Å². The molecule has 1 saturated heterocycles. The van der Waals surface area contributed by atoms with E-state index in [1.54, 1.807) is 0 Å². The van der Waals surface area contributed by atoms with Gasteiger partial charge in [-0.3, -0.25) is 0 Å². The lowest BCUT2D eigenvalue weighted by molar-refractivity contribution is 0.0618. The lowest BCUT2D eigenvalue weighted by Crippen LogP contribution is -2.33. The summed E-state index contributed by atoms with van der Waals surface area (Å²) in [6.07, 6.45) is 1.27. The van der Waals surface area contributed by atoms with Crippen molar-refractivity contribution in [3.05, 3.63) is 35.1 Å². The van der Waals surface area contributed by atoms with Crippen LogP contribution in [0.2, 0.25) is 0 Å². The van der Waals surface area contributed by atoms with Gasteiger partial charge in [-0.1, -0.05) is 6.07 Å². The second-order valence-electron chi connectivity index (χ2n) is 4.46. The maximum Gasteiger partial charge on any atom is 0.123 e. The number of aryl methyl sites for hydroxylation is 1. The van der Waals surface area contributed by atoms with Crippen LogP contribution in [0.25, 0.3) is 0 Å². The third-order valence-electron chi connectivity index (χ3n) is 2.86. The minimum Gasteiger partial charge on any atom is -0.388 e. The van der Waals surface area contributed by atoms with Crippen molar-refractivity contribution in [3.8, 4) is 0 Å². The van der Waals surface area contributed by atoms with E-state index in [1.165, 1.54) is 12.1 Å². The molecule has 1 aromatic carbocycles. The number of β-amino-alcohol motifs (C(OH)–C–C–N with tert-alkyl or cyclic N) is 1. The second-order valence-corrected chi connectivity index (χ2v) is 4.46. The molecule has 1 heterocycles. The zero-order chi connectivity index (χ0) is 10.9. The van der Waals surface area contributed by atoms with Gasteiger partial charge in [-0.2, -0.15) is 0 Å². The summed E-state index contributed by atoms with van der Waals surface area (Å²) in [5.74, 6) is -0.223. The van der Waals surface area contributed by atoms with Gasteiger partial charge in [-0.25, -0.2) is 4.39 Å². The average molecular weight is 209 g/mol. The Balaban J connectivity index is 2.16. The van der Waals surface area contributed by atoms with Crippen LogP contribution in [0.1, 0.15) is 17.5 Å². The van der Waals surface area contributed by atoms with Crippen molar-refractivity contribution >= 4 is 0 Å². The van der Waals surface area contributed by atoms with Gasteiger partial charge < -0.3 is 10.4 Å². The summed E-state index contributed by atoms with van der Waals surface area (Å²) in [6, 6.07) is 4.93. The zero-order valence-electron chi connectivity index (χ0n) is 8.89. The SMILES string of the molecule is Cc1cc(F)cc(CC2(O)CCNC2)c1. The molecule has 2 nitrogen and oxygen atoms in total. The summed E-state index contributed by atoms with van der Waals surface area (Å²) in [7, 11) is 0. The molecular weight excluding hydrogens is 193 g/mol. The number of hydrogen-bond acceptors (Lipinski definition) is 2. The number of hydrogen-bond donors (Lipinski definition) is 2. The highest BCUT2D eigenvalue weighted by Gasteiger charge is 2.31. The summed E-state index contributed by atoms with van der Waals surface area (Å²) in [5, 5.41) is 13.3. The fourth-order valence-corrected chi connectivity index (χ4v) is 2.18. The molecule has 15 heavy (non-hydrogen) atoms. The smallest absolute Gasteiger partial charge is 0.123 e. The first-order valence-electron chi connectivity index (χ1n) is 5.27. The van der Waals surface area contributed by atoms with Gasteiger partial charge in [-0.15, -0.1) is 0 Å². The molecule has 2 N–H and O–H groups in total. The van der Waals surface area contributed by atoms with Crippen LogP contribution in [0.15, 0.2) is 18.2 Å². The minimum absolute atomic E-state index is 0.223. The number of aliphatic hydroxyl groups is 1. The Labute approximate surface area is 89.1 Å². The van der Waals surface area contributed by atoms with E-state index >= 15 is 0 Å². The van der Waals surface area contributed by atoms with E-state index in [2.05, 4.69) is 5.32 Å². The van der Waals surface area contributed by atoms with Crippen molar-refractivity contribution in [2.75, 3.05) is 13.1 Å². The third-order valence-corrected chi connectivity index (χ3v) is 2.86. The van der Waals surface area contributed by atoms with Crippen LogP contribution in [-0.2, 0) is 6.42 Å². The Hall–Kier alpha value is -0.930. The average Bonchev–Trinajstić information content (AvgIpc) is 2.49. The molecule has 1 fully saturated rings. The molecule has 0 saturated carbocycles. The van der Waals surface area contributed by atoms with Crippen LogP contribution in [0.4, 0.5) is 4.39 Å². The van der Waals surface area contributed by atoms with Crippen LogP contribution < -0.4 is 5.32 Å². The molecule has 1 aliphatic heterocycles. The number of nitrogens with one attached hydrogen (secondary N) is 1. The maximum atomic E-state index is 13.1. The van der Waals surface area contributed by atoms with E-state index in [4.69, 9.17) is 0 Å². The molecule has 82 valence electrons. The van der Waals surface area contributed by atoms with E-state index in [-0.39, 0.29) is 5.82 Å². The zero-order valence-corrected chi connectivity index (χ0v) is 8.89. The third kappa shape index (κ3) is 2.55. The van der Waals surface area contributed by atoms with Crippen molar-refractivity contribution in [1.29, 1.82) is 0 Å². The number of benzene rings is 1. The maximum absolute atomic E-state index is 13.1. The first-order chi connectivity index (χ1) is 7.07. The first kappa shape index (κ1) is 10.6. The van der Waals surface area contributed by atoms with E-state index in [0.29, 0.717) is 13.0 Å². The van der Waals surface area contributed by atoms with Crippen molar-refractivity contribution in [1.82, 2.24) is 5.32 Å². The fourth-order valence-electron chi connectivity index (χ4n) is 2.18. The minimum atomic E-state index is -0.694. The van der Waals surface area contributed by atoms with Crippen LogP contribution in [0.5, 0.6) is 0 Å². The van der Waals surface area contributed by atoms with Gasteiger partial charge in [0.15, 0.2) is 0 Å². The predicted octanol–water partition coefficient (Wildman–Crippen LogP) is 1.40. The molecule has 2 rings (SSSR count). The van der Waals surface area contributed by atoms with Gasteiger partial charge in [0.1, 0.15) is 5.82 Å². The molecule has 0 aromatic heterocycles. The summed E-state index contributed by atoms with van der Waals surface area (Å²) in [4.78, 5) is 0. The monoisotopic (exact) mass is 209 g/mol. The summed E-state index contributed by atoms with van der Waals surface area (Å²) in [6.45, 7) is 3.30. The molecule has 0 spiro atoms. The van der Waals surface area contributed by atoms with E-state index in [1.807, 2.05) is 13.0 Å². The number of halogens is 1. The van der Waals surface area contributed by atoms with E-state index < -0.39 is 5.60 Å². The standard InChI is InChI=1S/C12H16FNO/c1-9-4-10(6-11(13)5-9)7-12(15)2-3-14-8-12/h4-6,14-15H,2-3,7-8H2,1H3. The second kappa shape index (κ2) is 3.91. The molecule has 3 heteroatoms. The quantitative estimate of drug-likeness (QED) is 0.771. The molecule has 0 amide bonds. The molecular formula is C12H16FNO. The topological polar surface area (TPSA) is 32.3 Å². The van der Waals surface area contributed by atoms with Crippen LogP contribution in [-0.4, -0.2) is 23.8 Å². The molecule has 1 aliphatic rings. The molecule has 1 aromatic rings. The fraction of sp³-hybridized carbons (Fsp3) is 0.500. The Kier molecular flexibility index (Phi) is 2.76. The van der Waals surface area contributed by atoms with Crippen LogP contribution in [0, 0.1) is 12.7 Å². The van der Waals surface area contributed by atoms with Crippen LogP contribution in [0.3, 0.4) is 0 Å². The molecule has 1 atom stereocenters. The molecule has 1 unspecified atom stereocenters. The molecule has 0 radical (unpaired) electrons. The predicted molar refractivity (Wildman–Crippen MR) is 57.3 cm³/mol. The van der Waals surface area contributed by atoms with E-state index in [9.17, 15) is 9.50 Å². The van der Waals surface area contributed by atoms with Gasteiger partial charge in [0, 0.05) is 13.0 Å². The van der Waals surface area contributed by atoms with Gasteiger partial charge in [0.25, 0.3) is 0 Å². The highest BCUT2D eigenvalue weighted by molar-refractivity contribution is 5.25. The van der Waals surface area contributed by atoms with Gasteiger partial charge in [0.2, 0.25) is 0 Å². The Morgan fingerprint density at radius 1 is 1.47 bits per heavy atom. The van der Waals surface area contributed by atoms with Crippen molar-refractivity contribution in [2.45, 2.75) is 25.4 Å². The number of rotatable bonds is 2. The highest BCUT2D eigenvalue weighted by atomic mass is 19.1. The van der Waals surface area contributed by atoms with Gasteiger partial charge in [0.05, 0.1) is 5.60 Å². The lowest BCUT2D eigenvalue weighted by atomic mass is 9.93. The molecule has 0 aliphatic carbocycles. The normalized spacial score (nSPS) is 25.8. The largest absolute Gasteiger partial charge is 0.388 e. The Morgan fingerprint density at radius 2 is 2.27 bits per heavy atom. The van der Waals surface area contributed by atoms with Crippen molar-refractivity contribution in [2.24, 2.45) is 0 Å². The Bertz CT molecular complexity index is 338. The summed E-state index contributed by atoms with van der Waals surface area (Å²) < 4.78 is 13.1. The van der Waals surface area contributed by atoms with Crippen molar-refractivity contribution < 1.29 is 9.50 Å². The summed E-state index contributed by atoms with van der Waals surface area (Å²) in [5.41, 5.74) is 1.08. The highest BCUT2D eigenvalue weighted by Crippen LogP contribution is 2.21. The molecule has 0 bridgehead atoms. The summed E-state index contributed by atoms with van der Waals surface area (Å²) >= 11 is 0. The van der Waals surface area contributed by atoms with E-state index in [0.717, 1.165) is 24.1 Å².